The van der Waals surface area contributed by atoms with E-state index in [2.05, 4.69) is 38.4 Å². The van der Waals surface area contributed by atoms with E-state index in [0.717, 1.165) is 22.3 Å². The average molecular weight is 414 g/mol. The van der Waals surface area contributed by atoms with Gasteiger partial charge in [-0.25, -0.2) is 4.98 Å². The van der Waals surface area contributed by atoms with Gasteiger partial charge in [0.15, 0.2) is 0 Å². The van der Waals surface area contributed by atoms with Crippen LogP contribution in [0.4, 0.5) is 0 Å². The van der Waals surface area contributed by atoms with Crippen LogP contribution in [-0.4, -0.2) is 22.1 Å². The number of carbonyl (C=O) groups excluding carboxylic acids is 1. The van der Waals surface area contributed by atoms with E-state index in [1.54, 1.807) is 12.5 Å². The van der Waals surface area contributed by atoms with Crippen LogP contribution in [0, 0.1) is 0 Å². The average Bonchev–Trinajstić information content (AvgIpc) is 3.14. The number of nitrogens with one attached hydrogen (secondary N) is 1. The van der Waals surface area contributed by atoms with Crippen molar-refractivity contribution in [2.75, 3.05) is 6.61 Å². The Bertz CT molecular complexity index is 833. The molecule has 26 heavy (non-hydrogen) atoms. The molecule has 3 aromatic rings. The summed E-state index contributed by atoms with van der Waals surface area (Å²) >= 11 is 3.39. The minimum atomic E-state index is -0.0255. The van der Waals surface area contributed by atoms with Gasteiger partial charge in [-0.15, -0.1) is 0 Å². The minimum Gasteiger partial charge on any atom is -0.493 e. The van der Waals surface area contributed by atoms with E-state index in [1.807, 2.05) is 47.2 Å². The van der Waals surface area contributed by atoms with E-state index in [9.17, 15) is 4.79 Å². The van der Waals surface area contributed by atoms with E-state index in [1.165, 1.54) is 5.56 Å². The van der Waals surface area contributed by atoms with E-state index in [-0.39, 0.29) is 5.91 Å². The quantitative estimate of drug-likeness (QED) is 0.611. The van der Waals surface area contributed by atoms with Crippen LogP contribution in [0.5, 0.6) is 5.75 Å². The van der Waals surface area contributed by atoms with Crippen molar-refractivity contribution >= 4 is 21.8 Å². The number of hydrogen-bond donors (Lipinski definition) is 1. The van der Waals surface area contributed by atoms with Crippen molar-refractivity contribution in [3.8, 4) is 5.75 Å². The molecule has 0 aliphatic rings. The summed E-state index contributed by atoms with van der Waals surface area (Å²) in [7, 11) is 0. The fraction of sp³-hybridized carbons (Fsp3) is 0.200. The predicted octanol–water partition coefficient (Wildman–Crippen LogP) is 3.78. The molecule has 1 N–H and O–H groups in total. The zero-order valence-corrected chi connectivity index (χ0v) is 15.9. The van der Waals surface area contributed by atoms with Crippen molar-refractivity contribution in [1.29, 1.82) is 0 Å². The predicted molar refractivity (Wildman–Crippen MR) is 104 cm³/mol. The first-order valence-electron chi connectivity index (χ1n) is 8.38. The van der Waals surface area contributed by atoms with Gasteiger partial charge in [0.1, 0.15) is 5.75 Å². The summed E-state index contributed by atoms with van der Waals surface area (Å²) in [6, 6.07) is 15.8. The second kappa shape index (κ2) is 9.20. The van der Waals surface area contributed by atoms with Crippen LogP contribution in [-0.2, 0) is 17.9 Å². The van der Waals surface area contributed by atoms with Crippen LogP contribution in [0.25, 0.3) is 0 Å². The van der Waals surface area contributed by atoms with Crippen LogP contribution in [0.3, 0.4) is 0 Å². The molecule has 0 fully saturated rings. The van der Waals surface area contributed by atoms with Gasteiger partial charge in [-0.3, -0.25) is 4.79 Å². The number of aromatic nitrogens is 2. The zero-order valence-electron chi connectivity index (χ0n) is 14.3. The molecule has 2 aromatic carbocycles. The Morgan fingerprint density at radius 3 is 2.69 bits per heavy atom. The fourth-order valence-electron chi connectivity index (χ4n) is 2.46. The lowest BCUT2D eigenvalue weighted by Crippen LogP contribution is -2.24. The third kappa shape index (κ3) is 5.74. The van der Waals surface area contributed by atoms with E-state index in [0.29, 0.717) is 19.6 Å². The van der Waals surface area contributed by atoms with Crippen LogP contribution in [0.15, 0.2) is 71.7 Å². The summed E-state index contributed by atoms with van der Waals surface area (Å²) in [5.41, 5.74) is 2.26. The highest BCUT2D eigenvalue weighted by Gasteiger charge is 2.03. The molecule has 3 rings (SSSR count). The summed E-state index contributed by atoms with van der Waals surface area (Å²) in [5.74, 6) is 0.725. The molecule has 0 radical (unpaired) electrons. The van der Waals surface area contributed by atoms with Crippen molar-refractivity contribution < 1.29 is 9.53 Å². The number of nitrogens with zero attached hydrogens (tertiary/aromatic N) is 2. The van der Waals surface area contributed by atoms with Crippen LogP contribution >= 0.6 is 15.9 Å². The van der Waals surface area contributed by atoms with Crippen molar-refractivity contribution in [2.24, 2.45) is 0 Å². The van der Waals surface area contributed by atoms with Gasteiger partial charge in [-0.2, -0.15) is 0 Å². The lowest BCUT2D eigenvalue weighted by Gasteiger charge is -2.08. The van der Waals surface area contributed by atoms with Crippen molar-refractivity contribution in [1.82, 2.24) is 14.9 Å². The molecule has 6 heteroatoms. The molecule has 0 bridgehead atoms. The summed E-state index contributed by atoms with van der Waals surface area (Å²) in [5, 5.41) is 2.92. The maximum absolute atomic E-state index is 11.9. The van der Waals surface area contributed by atoms with Crippen molar-refractivity contribution in [2.45, 2.75) is 19.5 Å². The molecule has 1 heterocycles. The second-order valence-corrected chi connectivity index (χ2v) is 6.80. The highest BCUT2D eigenvalue weighted by Crippen LogP contribution is 2.17. The Morgan fingerprint density at radius 2 is 1.96 bits per heavy atom. The first-order valence-corrected chi connectivity index (χ1v) is 9.17. The Kier molecular flexibility index (Phi) is 6.44. The van der Waals surface area contributed by atoms with Gasteiger partial charge in [-0.05, 0) is 29.3 Å². The Hall–Kier alpha value is -2.60. The topological polar surface area (TPSA) is 56.1 Å². The number of rotatable bonds is 8. The maximum atomic E-state index is 11.9. The van der Waals surface area contributed by atoms with E-state index in [4.69, 9.17) is 4.74 Å². The molecule has 0 unspecified atom stereocenters. The fourth-order valence-corrected chi connectivity index (χ4v) is 2.84. The number of hydrogen-bond acceptors (Lipinski definition) is 3. The van der Waals surface area contributed by atoms with Gasteiger partial charge in [0.05, 0.1) is 19.4 Å². The number of carbonyl (C=O) groups is 1. The van der Waals surface area contributed by atoms with Gasteiger partial charge in [-0.1, -0.05) is 46.3 Å². The maximum Gasteiger partial charge on any atom is 0.223 e. The molecule has 0 spiro atoms. The lowest BCUT2D eigenvalue weighted by atomic mass is 10.1. The van der Waals surface area contributed by atoms with Crippen molar-refractivity contribution in [3.05, 3.63) is 82.9 Å². The highest BCUT2D eigenvalue weighted by molar-refractivity contribution is 9.10. The number of benzene rings is 2. The largest absolute Gasteiger partial charge is 0.493 e. The molecule has 0 aliphatic heterocycles. The smallest absolute Gasteiger partial charge is 0.223 e. The molecule has 0 saturated carbocycles. The van der Waals surface area contributed by atoms with Gasteiger partial charge in [0, 0.05) is 30.0 Å². The molecule has 0 aliphatic carbocycles. The number of amides is 1. The molecular weight excluding hydrogens is 394 g/mol. The summed E-state index contributed by atoms with van der Waals surface area (Å²) in [4.78, 5) is 16.0. The molecule has 0 atom stereocenters. The first kappa shape index (κ1) is 18.2. The summed E-state index contributed by atoms with van der Waals surface area (Å²) in [6.45, 7) is 1.66. The molecule has 1 aromatic heterocycles. The molecule has 134 valence electrons. The normalized spacial score (nSPS) is 10.5. The van der Waals surface area contributed by atoms with Gasteiger partial charge in [0.25, 0.3) is 0 Å². The third-order valence-corrected chi connectivity index (χ3v) is 4.32. The standard InChI is InChI=1S/C20H20BrN3O2/c21-18-2-1-3-19(12-18)26-11-8-20(25)23-13-16-4-6-17(7-5-16)14-24-10-9-22-15-24/h1-7,9-10,12,15H,8,11,13-14H2,(H,23,25). The van der Waals surface area contributed by atoms with Gasteiger partial charge >= 0.3 is 0 Å². The van der Waals surface area contributed by atoms with E-state index < -0.39 is 0 Å². The minimum absolute atomic E-state index is 0.0255. The Balaban J connectivity index is 1.38. The summed E-state index contributed by atoms with van der Waals surface area (Å²) in [6.07, 6.45) is 5.82. The molecule has 0 saturated heterocycles. The lowest BCUT2D eigenvalue weighted by molar-refractivity contribution is -0.121. The van der Waals surface area contributed by atoms with Crippen LogP contribution in [0.2, 0.25) is 0 Å². The SMILES string of the molecule is O=C(CCOc1cccc(Br)c1)NCc1ccc(Cn2ccnc2)cc1. The second-order valence-electron chi connectivity index (χ2n) is 5.88. The monoisotopic (exact) mass is 413 g/mol. The van der Waals surface area contributed by atoms with Gasteiger partial charge in [0.2, 0.25) is 5.91 Å². The highest BCUT2D eigenvalue weighted by atomic mass is 79.9. The summed E-state index contributed by atoms with van der Waals surface area (Å²) < 4.78 is 8.55. The van der Waals surface area contributed by atoms with E-state index >= 15 is 0 Å². The molecule has 5 nitrogen and oxygen atoms in total. The number of halogens is 1. The Labute approximate surface area is 161 Å². The number of imidazole rings is 1. The van der Waals surface area contributed by atoms with Crippen LogP contribution < -0.4 is 10.1 Å². The first-order chi connectivity index (χ1) is 12.7. The van der Waals surface area contributed by atoms with Crippen molar-refractivity contribution in [3.63, 3.8) is 0 Å². The molecular formula is C20H20BrN3O2. The van der Waals surface area contributed by atoms with Gasteiger partial charge < -0.3 is 14.6 Å². The molecule has 1 amide bonds. The van der Waals surface area contributed by atoms with Crippen LogP contribution in [0.1, 0.15) is 17.5 Å². The zero-order chi connectivity index (χ0) is 18.2. The Morgan fingerprint density at radius 1 is 1.15 bits per heavy atom. The third-order valence-electron chi connectivity index (χ3n) is 3.83. The number of ether oxygens (including phenoxy) is 1.